The van der Waals surface area contributed by atoms with Crippen LogP contribution in [0.1, 0.15) is 49.4 Å². The Hall–Kier alpha value is -1.20. The molecule has 1 aromatic heterocycles. The Bertz CT molecular complexity index is 571. The zero-order valence-corrected chi connectivity index (χ0v) is 13.4. The number of rotatable bonds is 2. The maximum absolute atomic E-state index is 10.3. The first-order valence-corrected chi connectivity index (χ1v) is 8.17. The molecule has 0 aromatic carbocycles. The molecule has 2 heterocycles. The third kappa shape index (κ3) is 3.04. The molecule has 1 aliphatic heterocycles. The summed E-state index contributed by atoms with van der Waals surface area (Å²) in [5.41, 5.74) is 8.60. The van der Waals surface area contributed by atoms with Crippen molar-refractivity contribution < 1.29 is 5.11 Å². The van der Waals surface area contributed by atoms with Gasteiger partial charge in [-0.25, -0.2) is 4.98 Å². The fraction of sp³-hybridized carbons (Fsp3) is 0.625. The lowest BCUT2D eigenvalue weighted by atomic mass is 9.93. The minimum absolute atomic E-state index is 0.399. The number of aromatic nitrogens is 1. The molecule has 114 valence electrons. The molecule has 3 rings (SSSR count). The van der Waals surface area contributed by atoms with Gasteiger partial charge in [-0.15, -0.1) is 0 Å². The Morgan fingerprint density at radius 3 is 2.86 bits per heavy atom. The number of nitrogens with two attached hydrogens (primary N) is 1. The Morgan fingerprint density at radius 2 is 2.14 bits per heavy atom. The Kier molecular flexibility index (Phi) is 3.88. The number of pyridine rings is 1. The molecule has 3 N–H and O–H groups in total. The average Bonchev–Trinajstić information content (AvgIpc) is 2.44. The van der Waals surface area contributed by atoms with Crippen molar-refractivity contribution in [2.45, 2.75) is 51.0 Å². The number of hydrogen-bond acceptors (Lipinski definition) is 4. The van der Waals surface area contributed by atoms with Crippen LogP contribution in [-0.4, -0.2) is 33.8 Å². The minimum atomic E-state index is -0.663. The third-order valence-corrected chi connectivity index (χ3v) is 4.74. The summed E-state index contributed by atoms with van der Waals surface area (Å²) in [5.74, 6) is 0.864. The summed E-state index contributed by atoms with van der Waals surface area (Å²) in [4.78, 5) is 7.42. The highest BCUT2D eigenvalue weighted by atomic mass is 32.1. The van der Waals surface area contributed by atoms with E-state index in [9.17, 15) is 5.11 Å². The zero-order chi connectivity index (χ0) is 15.0. The van der Waals surface area contributed by atoms with E-state index in [1.165, 1.54) is 24.1 Å². The van der Waals surface area contributed by atoms with Gasteiger partial charge < -0.3 is 15.7 Å². The number of nitrogens with zero attached hydrogens (tertiary/aromatic N) is 2. The van der Waals surface area contributed by atoms with E-state index < -0.39 is 5.60 Å². The lowest BCUT2D eigenvalue weighted by Gasteiger charge is -2.38. The molecule has 1 aliphatic carbocycles. The molecule has 0 radical (unpaired) electrons. The van der Waals surface area contributed by atoms with Crippen LogP contribution in [-0.2, 0) is 12.8 Å². The van der Waals surface area contributed by atoms with Crippen molar-refractivity contribution in [2.75, 3.05) is 18.0 Å². The van der Waals surface area contributed by atoms with Gasteiger partial charge in [0.1, 0.15) is 10.8 Å². The highest BCUT2D eigenvalue weighted by Crippen LogP contribution is 2.30. The molecule has 1 saturated heterocycles. The lowest BCUT2D eigenvalue weighted by molar-refractivity contribution is 0.0447. The van der Waals surface area contributed by atoms with Crippen molar-refractivity contribution in [2.24, 2.45) is 5.73 Å². The summed E-state index contributed by atoms with van der Waals surface area (Å²) in [6, 6.07) is 2.13. The van der Waals surface area contributed by atoms with Gasteiger partial charge in [0.15, 0.2) is 0 Å². The summed E-state index contributed by atoms with van der Waals surface area (Å²) >= 11 is 5.23. The van der Waals surface area contributed by atoms with E-state index in [1.54, 1.807) is 0 Å². The minimum Gasteiger partial charge on any atom is -0.389 e. The predicted molar refractivity (Wildman–Crippen MR) is 88.8 cm³/mol. The largest absolute Gasteiger partial charge is 0.389 e. The van der Waals surface area contributed by atoms with Crippen molar-refractivity contribution in [1.82, 2.24) is 4.98 Å². The van der Waals surface area contributed by atoms with E-state index in [0.29, 0.717) is 11.5 Å². The Morgan fingerprint density at radius 1 is 1.38 bits per heavy atom. The van der Waals surface area contributed by atoms with E-state index in [-0.39, 0.29) is 0 Å². The number of piperidine rings is 1. The van der Waals surface area contributed by atoms with Crippen LogP contribution in [0.15, 0.2) is 6.07 Å². The molecule has 1 unspecified atom stereocenters. The summed E-state index contributed by atoms with van der Waals surface area (Å²) in [6.07, 6.45) is 6.30. The Labute approximate surface area is 131 Å². The maximum atomic E-state index is 10.3. The van der Waals surface area contributed by atoms with Crippen LogP contribution in [0.5, 0.6) is 0 Å². The van der Waals surface area contributed by atoms with E-state index in [1.807, 2.05) is 6.92 Å². The summed E-state index contributed by atoms with van der Waals surface area (Å²) in [5, 5.41) is 10.3. The standard InChI is InChI=1S/C16H23N3OS/c1-16(20)7-4-8-19(10-16)15-12(14(17)21)9-11-5-2-3-6-13(11)18-15/h9,20H,2-8,10H2,1H3,(H2,17,21). The van der Waals surface area contributed by atoms with Gasteiger partial charge in [0.25, 0.3) is 0 Å². The quantitative estimate of drug-likeness (QED) is 0.818. The van der Waals surface area contributed by atoms with Crippen LogP contribution < -0.4 is 10.6 Å². The SMILES string of the molecule is CC1(O)CCCN(c2nc3c(cc2C(N)=S)CCCC3)C1. The van der Waals surface area contributed by atoms with Crippen LogP contribution >= 0.6 is 12.2 Å². The first-order valence-electron chi connectivity index (χ1n) is 7.76. The van der Waals surface area contributed by atoms with Crippen LogP contribution in [0.4, 0.5) is 5.82 Å². The van der Waals surface area contributed by atoms with Crippen LogP contribution in [0.25, 0.3) is 0 Å². The zero-order valence-electron chi connectivity index (χ0n) is 12.6. The van der Waals surface area contributed by atoms with Gasteiger partial charge in [0, 0.05) is 18.8 Å². The molecular weight excluding hydrogens is 282 g/mol. The van der Waals surface area contributed by atoms with Gasteiger partial charge in [-0.2, -0.15) is 0 Å². The molecule has 0 spiro atoms. The van der Waals surface area contributed by atoms with Crippen LogP contribution in [0, 0.1) is 0 Å². The first-order chi connectivity index (χ1) is 9.96. The fourth-order valence-corrected chi connectivity index (χ4v) is 3.60. The van der Waals surface area contributed by atoms with Crippen molar-refractivity contribution >= 4 is 23.0 Å². The van der Waals surface area contributed by atoms with Gasteiger partial charge in [0.2, 0.25) is 0 Å². The molecule has 1 aromatic rings. The lowest BCUT2D eigenvalue weighted by Crippen LogP contribution is -2.47. The van der Waals surface area contributed by atoms with Gasteiger partial charge in [-0.3, -0.25) is 0 Å². The number of fused-ring (bicyclic) bond motifs is 1. The molecule has 1 fully saturated rings. The van der Waals surface area contributed by atoms with Crippen LogP contribution in [0.3, 0.4) is 0 Å². The first kappa shape index (κ1) is 14.7. The maximum Gasteiger partial charge on any atom is 0.139 e. The monoisotopic (exact) mass is 305 g/mol. The molecule has 21 heavy (non-hydrogen) atoms. The summed E-state index contributed by atoms with van der Waals surface area (Å²) < 4.78 is 0. The fourth-order valence-electron chi connectivity index (χ4n) is 3.45. The van der Waals surface area contributed by atoms with Gasteiger partial charge in [-0.05, 0) is 57.1 Å². The van der Waals surface area contributed by atoms with E-state index >= 15 is 0 Å². The molecule has 0 saturated carbocycles. The normalized spacial score (nSPS) is 25.5. The van der Waals surface area contributed by atoms with Crippen molar-refractivity contribution in [1.29, 1.82) is 0 Å². The second-order valence-electron chi connectivity index (χ2n) is 6.56. The highest BCUT2D eigenvalue weighted by molar-refractivity contribution is 7.80. The topological polar surface area (TPSA) is 62.4 Å². The van der Waals surface area contributed by atoms with Crippen molar-refractivity contribution in [3.63, 3.8) is 0 Å². The average molecular weight is 305 g/mol. The van der Waals surface area contributed by atoms with E-state index in [0.717, 1.165) is 43.6 Å². The smallest absolute Gasteiger partial charge is 0.139 e. The second-order valence-corrected chi connectivity index (χ2v) is 7.00. The summed E-state index contributed by atoms with van der Waals surface area (Å²) in [7, 11) is 0. The number of β-amino-alcohol motifs (C(OH)–C–C–N with tert-alkyl or cyclic N) is 1. The number of hydrogen-bond donors (Lipinski definition) is 2. The van der Waals surface area contributed by atoms with Gasteiger partial charge in [-0.1, -0.05) is 12.2 Å². The van der Waals surface area contributed by atoms with E-state index in [2.05, 4.69) is 11.0 Å². The van der Waals surface area contributed by atoms with Gasteiger partial charge in [0.05, 0.1) is 11.2 Å². The van der Waals surface area contributed by atoms with Crippen LogP contribution in [0.2, 0.25) is 0 Å². The molecule has 1 atom stereocenters. The molecule has 4 nitrogen and oxygen atoms in total. The number of aryl methyl sites for hydroxylation is 2. The van der Waals surface area contributed by atoms with Crippen molar-refractivity contribution in [3.8, 4) is 0 Å². The number of thiocarbonyl (C=S) groups is 1. The third-order valence-electron chi connectivity index (χ3n) is 4.52. The van der Waals surface area contributed by atoms with E-state index in [4.69, 9.17) is 22.9 Å². The molecule has 0 amide bonds. The molecular formula is C16H23N3OS. The van der Waals surface area contributed by atoms with Gasteiger partial charge >= 0.3 is 0 Å². The molecule has 5 heteroatoms. The summed E-state index contributed by atoms with van der Waals surface area (Å²) in [6.45, 7) is 3.38. The predicted octanol–water partition coefficient (Wildman–Crippen LogP) is 1.95. The second kappa shape index (κ2) is 5.54. The number of anilines is 1. The molecule has 2 aliphatic rings. The highest BCUT2D eigenvalue weighted by Gasteiger charge is 2.31. The Balaban J connectivity index is 2.01. The molecule has 0 bridgehead atoms. The number of aliphatic hydroxyl groups is 1. The van der Waals surface area contributed by atoms with Crippen molar-refractivity contribution in [3.05, 3.63) is 22.9 Å².